The van der Waals surface area contributed by atoms with E-state index in [1.165, 1.54) is 0 Å². The Bertz CT molecular complexity index is 578. The molecule has 0 aliphatic heterocycles. The highest BCUT2D eigenvalue weighted by Crippen LogP contribution is 2.31. The Morgan fingerprint density at radius 1 is 1.30 bits per heavy atom. The topological polar surface area (TPSA) is 70.3 Å². The lowest BCUT2D eigenvalue weighted by atomic mass is 10.3. The molecule has 2 heterocycles. The first kappa shape index (κ1) is 14.6. The van der Waals surface area contributed by atoms with Crippen LogP contribution in [0.5, 0.6) is 11.5 Å². The Hall–Kier alpha value is -1.79. The molecule has 0 saturated carbocycles. The normalized spacial score (nSPS) is 10.5. The molecule has 2 aromatic heterocycles. The van der Waals surface area contributed by atoms with Gasteiger partial charge in [-0.2, -0.15) is 0 Å². The standard InChI is InChI=1S/C14H17N3O2S/c1-10-12(4-3-5-16-10)19-13-8-11(9-17-14(13)15)20-7-6-18-2/h3-5,8-9H,6-7H2,1-2H3,(H2,15,17). The van der Waals surface area contributed by atoms with E-state index in [0.717, 1.165) is 16.3 Å². The van der Waals surface area contributed by atoms with Crippen LogP contribution in [0.4, 0.5) is 5.82 Å². The number of hydrogen-bond donors (Lipinski definition) is 1. The molecule has 0 spiro atoms. The third kappa shape index (κ3) is 3.85. The van der Waals surface area contributed by atoms with Gasteiger partial charge in [0.1, 0.15) is 5.75 Å². The van der Waals surface area contributed by atoms with Crippen LogP contribution in [0.2, 0.25) is 0 Å². The summed E-state index contributed by atoms with van der Waals surface area (Å²) in [5.74, 6) is 2.45. The van der Waals surface area contributed by atoms with Gasteiger partial charge in [0.25, 0.3) is 0 Å². The lowest BCUT2D eigenvalue weighted by molar-refractivity contribution is 0.218. The Kier molecular flexibility index (Phi) is 5.20. The molecule has 0 unspecified atom stereocenters. The minimum absolute atomic E-state index is 0.365. The zero-order chi connectivity index (χ0) is 14.4. The second-order valence-electron chi connectivity index (χ2n) is 4.08. The van der Waals surface area contributed by atoms with E-state index in [2.05, 4.69) is 9.97 Å². The van der Waals surface area contributed by atoms with E-state index in [1.54, 1.807) is 31.3 Å². The molecule has 0 bridgehead atoms. The molecule has 0 saturated heterocycles. The fourth-order valence-electron chi connectivity index (χ4n) is 1.54. The number of methoxy groups -OCH3 is 1. The SMILES string of the molecule is COCCSc1cnc(N)c(Oc2cccnc2C)c1. The van der Waals surface area contributed by atoms with Gasteiger partial charge in [0.05, 0.1) is 12.3 Å². The van der Waals surface area contributed by atoms with Gasteiger partial charge in [0.2, 0.25) is 0 Å². The number of thioether (sulfide) groups is 1. The number of hydrogen-bond acceptors (Lipinski definition) is 6. The molecule has 6 heteroatoms. The van der Waals surface area contributed by atoms with Crippen LogP contribution >= 0.6 is 11.8 Å². The number of nitrogen functional groups attached to an aromatic ring is 1. The van der Waals surface area contributed by atoms with Crippen LogP contribution in [-0.4, -0.2) is 29.4 Å². The highest BCUT2D eigenvalue weighted by molar-refractivity contribution is 7.99. The van der Waals surface area contributed by atoms with Crippen molar-refractivity contribution < 1.29 is 9.47 Å². The minimum Gasteiger partial charge on any atom is -0.452 e. The van der Waals surface area contributed by atoms with E-state index in [4.69, 9.17) is 15.2 Å². The molecule has 0 aliphatic carbocycles. The van der Waals surface area contributed by atoms with Crippen molar-refractivity contribution >= 4 is 17.6 Å². The first-order chi connectivity index (χ1) is 9.70. The van der Waals surface area contributed by atoms with Gasteiger partial charge in [-0.25, -0.2) is 4.98 Å². The number of rotatable bonds is 6. The second kappa shape index (κ2) is 7.12. The summed E-state index contributed by atoms with van der Waals surface area (Å²) >= 11 is 1.64. The van der Waals surface area contributed by atoms with Crippen molar-refractivity contribution in [1.29, 1.82) is 0 Å². The van der Waals surface area contributed by atoms with Crippen molar-refractivity contribution in [1.82, 2.24) is 9.97 Å². The van der Waals surface area contributed by atoms with E-state index >= 15 is 0 Å². The van der Waals surface area contributed by atoms with E-state index in [-0.39, 0.29) is 0 Å². The van der Waals surface area contributed by atoms with Gasteiger partial charge in [-0.3, -0.25) is 4.98 Å². The van der Waals surface area contributed by atoms with Gasteiger partial charge in [0.15, 0.2) is 11.6 Å². The average molecular weight is 291 g/mol. The van der Waals surface area contributed by atoms with Gasteiger partial charge in [-0.15, -0.1) is 11.8 Å². The number of aryl methyl sites for hydroxylation is 1. The predicted octanol–water partition coefficient (Wildman–Crippen LogP) is 2.90. The van der Waals surface area contributed by atoms with Crippen LogP contribution in [-0.2, 0) is 4.74 Å². The number of ether oxygens (including phenoxy) is 2. The van der Waals surface area contributed by atoms with Crippen molar-refractivity contribution in [3.05, 3.63) is 36.3 Å². The molecule has 2 rings (SSSR count). The van der Waals surface area contributed by atoms with Crippen LogP contribution in [0.25, 0.3) is 0 Å². The summed E-state index contributed by atoms with van der Waals surface area (Å²) in [5.41, 5.74) is 6.66. The maximum absolute atomic E-state index is 5.85. The number of nitrogens with zero attached hydrogens (tertiary/aromatic N) is 2. The van der Waals surface area contributed by atoms with E-state index in [1.807, 2.05) is 25.1 Å². The molecule has 2 aromatic rings. The maximum Gasteiger partial charge on any atom is 0.170 e. The quantitative estimate of drug-likeness (QED) is 0.652. The first-order valence-corrected chi connectivity index (χ1v) is 7.16. The molecule has 0 fully saturated rings. The van der Waals surface area contributed by atoms with E-state index < -0.39 is 0 Å². The summed E-state index contributed by atoms with van der Waals surface area (Å²) in [5, 5.41) is 0. The molecule has 0 aliphatic rings. The number of anilines is 1. The van der Waals surface area contributed by atoms with Crippen LogP contribution in [0.15, 0.2) is 35.5 Å². The lowest BCUT2D eigenvalue weighted by Crippen LogP contribution is -1.98. The fraction of sp³-hybridized carbons (Fsp3) is 0.286. The maximum atomic E-state index is 5.85. The minimum atomic E-state index is 0.365. The van der Waals surface area contributed by atoms with Crippen LogP contribution in [0.3, 0.4) is 0 Å². The zero-order valence-electron chi connectivity index (χ0n) is 11.5. The molecule has 0 radical (unpaired) electrons. The summed E-state index contributed by atoms with van der Waals surface area (Å²) in [7, 11) is 1.68. The van der Waals surface area contributed by atoms with E-state index in [0.29, 0.717) is 23.9 Å². The first-order valence-electron chi connectivity index (χ1n) is 6.17. The third-order valence-electron chi connectivity index (χ3n) is 2.59. The largest absolute Gasteiger partial charge is 0.452 e. The van der Waals surface area contributed by atoms with Gasteiger partial charge < -0.3 is 15.2 Å². The summed E-state index contributed by atoms with van der Waals surface area (Å²) in [6, 6.07) is 5.56. The molecular formula is C14H17N3O2S. The van der Waals surface area contributed by atoms with Crippen molar-refractivity contribution in [2.24, 2.45) is 0 Å². The second-order valence-corrected chi connectivity index (χ2v) is 5.25. The number of pyridine rings is 2. The Labute approximate surface area is 122 Å². The molecular weight excluding hydrogens is 274 g/mol. The smallest absolute Gasteiger partial charge is 0.170 e. The van der Waals surface area contributed by atoms with Crippen LogP contribution < -0.4 is 10.5 Å². The zero-order valence-corrected chi connectivity index (χ0v) is 12.3. The lowest BCUT2D eigenvalue weighted by Gasteiger charge is -2.10. The summed E-state index contributed by atoms with van der Waals surface area (Å²) < 4.78 is 10.8. The molecule has 0 aromatic carbocycles. The summed E-state index contributed by atoms with van der Waals surface area (Å²) in [4.78, 5) is 9.33. The van der Waals surface area contributed by atoms with Gasteiger partial charge in [-0.1, -0.05) is 0 Å². The van der Waals surface area contributed by atoms with E-state index in [9.17, 15) is 0 Å². The number of nitrogens with two attached hydrogens (primary N) is 1. The summed E-state index contributed by atoms with van der Waals surface area (Å²) in [6.45, 7) is 2.57. The highest BCUT2D eigenvalue weighted by Gasteiger charge is 2.08. The van der Waals surface area contributed by atoms with Gasteiger partial charge in [0, 0.05) is 30.2 Å². The van der Waals surface area contributed by atoms with Crippen molar-refractivity contribution in [3.8, 4) is 11.5 Å². The summed E-state index contributed by atoms with van der Waals surface area (Å²) in [6.07, 6.45) is 3.46. The molecule has 20 heavy (non-hydrogen) atoms. The molecule has 106 valence electrons. The Balaban J connectivity index is 2.14. The molecule has 0 atom stereocenters. The third-order valence-corrected chi connectivity index (χ3v) is 3.52. The monoisotopic (exact) mass is 291 g/mol. The predicted molar refractivity (Wildman–Crippen MR) is 80.3 cm³/mol. The Morgan fingerprint density at radius 3 is 2.90 bits per heavy atom. The fourth-order valence-corrected chi connectivity index (χ4v) is 2.34. The molecule has 5 nitrogen and oxygen atoms in total. The van der Waals surface area contributed by atoms with Crippen LogP contribution in [0.1, 0.15) is 5.69 Å². The molecule has 2 N–H and O–H groups in total. The van der Waals surface area contributed by atoms with Crippen LogP contribution in [0, 0.1) is 6.92 Å². The van der Waals surface area contributed by atoms with Crippen molar-refractivity contribution in [2.75, 3.05) is 25.2 Å². The van der Waals surface area contributed by atoms with Gasteiger partial charge >= 0.3 is 0 Å². The highest BCUT2D eigenvalue weighted by atomic mass is 32.2. The molecule has 0 amide bonds. The van der Waals surface area contributed by atoms with Crippen molar-refractivity contribution in [2.45, 2.75) is 11.8 Å². The average Bonchev–Trinajstić information content (AvgIpc) is 2.45. The Morgan fingerprint density at radius 2 is 2.15 bits per heavy atom. The van der Waals surface area contributed by atoms with Crippen molar-refractivity contribution in [3.63, 3.8) is 0 Å². The number of aromatic nitrogens is 2. The van der Waals surface area contributed by atoms with Gasteiger partial charge in [-0.05, 0) is 25.1 Å².